The molecule has 0 fully saturated rings. The van der Waals surface area contributed by atoms with Gasteiger partial charge >= 0.3 is 0 Å². The van der Waals surface area contributed by atoms with Gasteiger partial charge in [0.2, 0.25) is 0 Å². The summed E-state index contributed by atoms with van der Waals surface area (Å²) < 4.78 is 10.4. The standard InChI is InChI=1S/C21H20N2O5S/c1-13-18(23(25)26)12-19(29-13)21(24)22-20(14-4-8-16(27-2)9-5-14)15-6-10-17(28-3)11-7-15/h4-12,20H,1-3H3,(H,22,24). The fourth-order valence-electron chi connectivity index (χ4n) is 2.92. The normalized spacial score (nSPS) is 10.6. The second kappa shape index (κ2) is 8.74. The van der Waals surface area contributed by atoms with Crippen LogP contribution in [0.15, 0.2) is 54.6 Å². The van der Waals surface area contributed by atoms with Gasteiger partial charge in [0, 0.05) is 6.07 Å². The van der Waals surface area contributed by atoms with Gasteiger partial charge in [0.25, 0.3) is 11.6 Å². The predicted octanol–water partition coefficient (Wildman–Crippen LogP) is 4.50. The molecule has 1 aromatic heterocycles. The van der Waals surface area contributed by atoms with Crippen molar-refractivity contribution in [2.75, 3.05) is 14.2 Å². The Hall–Kier alpha value is -3.39. The fraction of sp³-hybridized carbons (Fsp3) is 0.190. The highest BCUT2D eigenvalue weighted by Crippen LogP contribution is 2.30. The fourth-order valence-corrected chi connectivity index (χ4v) is 3.81. The number of thiophene rings is 1. The zero-order valence-corrected chi connectivity index (χ0v) is 17.0. The van der Waals surface area contributed by atoms with Gasteiger partial charge in [-0.2, -0.15) is 0 Å². The largest absolute Gasteiger partial charge is 0.497 e. The number of aryl methyl sites for hydroxylation is 1. The minimum atomic E-state index is -0.479. The summed E-state index contributed by atoms with van der Waals surface area (Å²) in [5, 5.41) is 14.1. The van der Waals surface area contributed by atoms with Crippen molar-refractivity contribution < 1.29 is 19.2 Å². The number of benzene rings is 2. The number of methoxy groups -OCH3 is 2. The summed E-state index contributed by atoms with van der Waals surface area (Å²) in [6.07, 6.45) is 0. The third kappa shape index (κ3) is 4.55. The van der Waals surface area contributed by atoms with Gasteiger partial charge in [-0.1, -0.05) is 24.3 Å². The van der Waals surface area contributed by atoms with Crippen molar-refractivity contribution in [1.29, 1.82) is 0 Å². The molecule has 0 aliphatic rings. The number of nitro groups is 1. The Kier molecular flexibility index (Phi) is 6.13. The van der Waals surface area contributed by atoms with Crippen LogP contribution in [0.3, 0.4) is 0 Å². The number of nitrogens with one attached hydrogen (secondary N) is 1. The maximum absolute atomic E-state index is 12.9. The molecular weight excluding hydrogens is 392 g/mol. The lowest BCUT2D eigenvalue weighted by Gasteiger charge is -2.20. The van der Waals surface area contributed by atoms with E-state index in [1.807, 2.05) is 48.5 Å². The SMILES string of the molecule is COc1ccc(C(NC(=O)c2cc([N+](=O)[O-])c(C)s2)c2ccc(OC)cc2)cc1. The molecule has 0 bridgehead atoms. The summed E-state index contributed by atoms with van der Waals surface area (Å²) in [7, 11) is 3.17. The van der Waals surface area contributed by atoms with Crippen LogP contribution >= 0.6 is 11.3 Å². The van der Waals surface area contributed by atoms with Crippen molar-refractivity contribution >= 4 is 22.9 Å². The molecule has 3 aromatic rings. The van der Waals surface area contributed by atoms with Crippen LogP contribution in [0, 0.1) is 17.0 Å². The summed E-state index contributed by atoms with van der Waals surface area (Å²) in [4.78, 5) is 24.3. The summed E-state index contributed by atoms with van der Waals surface area (Å²) >= 11 is 1.10. The number of carbonyl (C=O) groups excluding carboxylic acids is 1. The highest BCUT2D eigenvalue weighted by Gasteiger charge is 2.23. The van der Waals surface area contributed by atoms with Gasteiger partial charge in [0.15, 0.2) is 0 Å². The van der Waals surface area contributed by atoms with Crippen LogP contribution in [0.1, 0.15) is 31.7 Å². The molecule has 0 radical (unpaired) electrons. The van der Waals surface area contributed by atoms with E-state index in [4.69, 9.17) is 9.47 Å². The first kappa shape index (κ1) is 20.3. The summed E-state index contributed by atoms with van der Waals surface area (Å²) in [5.41, 5.74) is 1.66. The number of rotatable bonds is 7. The van der Waals surface area contributed by atoms with Crippen molar-refractivity contribution in [3.63, 3.8) is 0 Å². The smallest absolute Gasteiger partial charge is 0.283 e. The Bertz CT molecular complexity index is 965. The molecule has 0 unspecified atom stereocenters. The quantitative estimate of drug-likeness (QED) is 0.456. The summed E-state index contributed by atoms with van der Waals surface area (Å²) in [5.74, 6) is 1.04. The van der Waals surface area contributed by atoms with Crippen molar-refractivity contribution in [3.05, 3.63) is 85.6 Å². The molecule has 3 rings (SSSR count). The molecule has 0 aliphatic carbocycles. The number of nitrogens with zero attached hydrogens (tertiary/aromatic N) is 1. The van der Waals surface area contributed by atoms with E-state index in [2.05, 4.69) is 5.32 Å². The number of amides is 1. The topological polar surface area (TPSA) is 90.7 Å². The maximum Gasteiger partial charge on any atom is 0.283 e. The lowest BCUT2D eigenvalue weighted by atomic mass is 9.98. The number of hydrogen-bond donors (Lipinski definition) is 1. The number of carbonyl (C=O) groups is 1. The van der Waals surface area contributed by atoms with Crippen LogP contribution in [0.2, 0.25) is 0 Å². The van der Waals surface area contributed by atoms with Gasteiger partial charge in [-0.05, 0) is 42.3 Å². The van der Waals surface area contributed by atoms with Crippen molar-refractivity contribution in [2.45, 2.75) is 13.0 Å². The lowest BCUT2D eigenvalue weighted by molar-refractivity contribution is -0.385. The van der Waals surface area contributed by atoms with Gasteiger partial charge in [0.05, 0.1) is 34.9 Å². The summed E-state index contributed by atoms with van der Waals surface area (Å²) in [6, 6.07) is 15.6. The van der Waals surface area contributed by atoms with Crippen molar-refractivity contribution in [2.24, 2.45) is 0 Å². The molecule has 7 nitrogen and oxygen atoms in total. The first-order valence-electron chi connectivity index (χ1n) is 8.76. The third-order valence-electron chi connectivity index (χ3n) is 4.49. The Labute approximate surface area is 172 Å². The van der Waals surface area contributed by atoms with Crippen LogP contribution in [0.5, 0.6) is 11.5 Å². The van der Waals surface area contributed by atoms with Crippen LogP contribution < -0.4 is 14.8 Å². The number of ether oxygens (including phenoxy) is 2. The molecule has 1 heterocycles. The second-order valence-electron chi connectivity index (χ2n) is 6.26. The highest BCUT2D eigenvalue weighted by molar-refractivity contribution is 7.14. The van der Waals surface area contributed by atoms with Gasteiger partial charge in [-0.15, -0.1) is 11.3 Å². The van der Waals surface area contributed by atoms with E-state index in [0.717, 1.165) is 22.5 Å². The molecular formula is C21H20N2O5S. The molecule has 0 saturated carbocycles. The highest BCUT2D eigenvalue weighted by atomic mass is 32.1. The Morgan fingerprint density at radius 1 is 1.00 bits per heavy atom. The van der Waals surface area contributed by atoms with E-state index in [1.54, 1.807) is 21.1 Å². The van der Waals surface area contributed by atoms with Gasteiger partial charge < -0.3 is 14.8 Å². The minimum Gasteiger partial charge on any atom is -0.497 e. The molecule has 1 N–H and O–H groups in total. The molecule has 2 aromatic carbocycles. The number of hydrogen-bond acceptors (Lipinski definition) is 6. The van der Waals surface area contributed by atoms with Crippen LogP contribution in [-0.4, -0.2) is 25.1 Å². The van der Waals surface area contributed by atoms with E-state index >= 15 is 0 Å². The molecule has 1 amide bonds. The average molecular weight is 412 g/mol. The van der Waals surface area contributed by atoms with Gasteiger partial charge in [-0.25, -0.2) is 0 Å². The molecule has 0 atom stereocenters. The predicted molar refractivity (Wildman–Crippen MR) is 111 cm³/mol. The minimum absolute atomic E-state index is 0.0504. The zero-order chi connectivity index (χ0) is 21.0. The van der Waals surface area contributed by atoms with Crippen molar-refractivity contribution in [1.82, 2.24) is 5.32 Å². The lowest BCUT2D eigenvalue weighted by Crippen LogP contribution is -2.28. The molecule has 0 saturated heterocycles. The van der Waals surface area contributed by atoms with E-state index in [9.17, 15) is 14.9 Å². The monoisotopic (exact) mass is 412 g/mol. The first-order valence-corrected chi connectivity index (χ1v) is 9.58. The second-order valence-corrected chi connectivity index (χ2v) is 7.52. The zero-order valence-electron chi connectivity index (χ0n) is 16.2. The molecule has 0 spiro atoms. The molecule has 29 heavy (non-hydrogen) atoms. The van der Waals surface area contributed by atoms with E-state index in [1.165, 1.54) is 6.07 Å². The van der Waals surface area contributed by atoms with Gasteiger partial charge in [-0.3, -0.25) is 14.9 Å². The van der Waals surface area contributed by atoms with Gasteiger partial charge in [0.1, 0.15) is 11.5 Å². The van der Waals surface area contributed by atoms with Crippen LogP contribution in [0.4, 0.5) is 5.69 Å². The van der Waals surface area contributed by atoms with E-state index < -0.39 is 11.0 Å². The Balaban J connectivity index is 1.94. The van der Waals surface area contributed by atoms with E-state index in [0.29, 0.717) is 21.3 Å². The van der Waals surface area contributed by atoms with Crippen molar-refractivity contribution in [3.8, 4) is 11.5 Å². The van der Waals surface area contributed by atoms with Crippen LogP contribution in [-0.2, 0) is 0 Å². The first-order chi connectivity index (χ1) is 13.9. The van der Waals surface area contributed by atoms with Crippen LogP contribution in [0.25, 0.3) is 0 Å². The third-order valence-corrected chi connectivity index (χ3v) is 5.52. The average Bonchev–Trinajstić information content (AvgIpc) is 3.14. The Morgan fingerprint density at radius 3 is 1.86 bits per heavy atom. The molecule has 0 aliphatic heterocycles. The summed E-state index contributed by atoms with van der Waals surface area (Å²) in [6.45, 7) is 1.63. The van der Waals surface area contributed by atoms with E-state index in [-0.39, 0.29) is 11.6 Å². The maximum atomic E-state index is 12.9. The Morgan fingerprint density at radius 2 is 1.48 bits per heavy atom. The molecule has 8 heteroatoms. The molecule has 150 valence electrons.